The second-order valence-corrected chi connectivity index (χ2v) is 6.92. The van der Waals surface area contributed by atoms with Crippen LogP contribution in [0.15, 0.2) is 24.5 Å². The summed E-state index contributed by atoms with van der Waals surface area (Å²) in [6.45, 7) is 6.71. The van der Waals surface area contributed by atoms with E-state index in [2.05, 4.69) is 10.1 Å². The molecule has 7 heteroatoms. The van der Waals surface area contributed by atoms with Gasteiger partial charge >= 0.3 is 6.09 Å². The minimum Gasteiger partial charge on any atom is -0.444 e. The number of ether oxygens (including phenoxy) is 1. The standard InChI is InChI=1S/C16H19ClN4O2/c1-16(2,3)23-15(22)20-7-5-13-11(9-20)10-21(19-13)12-4-6-18-14(17)8-12/h4,6,8,10H,5,7,9H2,1-3H3. The van der Waals surface area contributed by atoms with Crippen LogP contribution in [0.5, 0.6) is 0 Å². The maximum atomic E-state index is 12.2. The second-order valence-electron chi connectivity index (χ2n) is 6.53. The predicted octanol–water partition coefficient (Wildman–Crippen LogP) is 3.21. The molecule has 6 nitrogen and oxygen atoms in total. The first kappa shape index (κ1) is 15.8. The molecule has 1 aliphatic rings. The Morgan fingerprint density at radius 1 is 1.39 bits per heavy atom. The van der Waals surface area contributed by atoms with Gasteiger partial charge in [0.2, 0.25) is 0 Å². The molecule has 3 rings (SSSR count). The highest BCUT2D eigenvalue weighted by Gasteiger charge is 2.27. The topological polar surface area (TPSA) is 60.2 Å². The Morgan fingerprint density at radius 2 is 2.17 bits per heavy atom. The lowest BCUT2D eigenvalue weighted by atomic mass is 10.1. The van der Waals surface area contributed by atoms with E-state index in [1.165, 1.54) is 0 Å². The molecule has 0 saturated carbocycles. The lowest BCUT2D eigenvalue weighted by molar-refractivity contribution is 0.0223. The minimum absolute atomic E-state index is 0.289. The predicted molar refractivity (Wildman–Crippen MR) is 86.7 cm³/mol. The third kappa shape index (κ3) is 3.64. The Bertz CT molecular complexity index is 736. The smallest absolute Gasteiger partial charge is 0.410 e. The molecule has 1 amide bonds. The van der Waals surface area contributed by atoms with E-state index < -0.39 is 5.60 Å². The highest BCUT2D eigenvalue weighted by atomic mass is 35.5. The highest BCUT2D eigenvalue weighted by Crippen LogP contribution is 2.22. The molecule has 122 valence electrons. The Morgan fingerprint density at radius 3 is 2.87 bits per heavy atom. The van der Waals surface area contributed by atoms with Gasteiger partial charge in [-0.25, -0.2) is 14.5 Å². The summed E-state index contributed by atoms with van der Waals surface area (Å²) >= 11 is 5.93. The van der Waals surface area contributed by atoms with E-state index >= 15 is 0 Å². The van der Waals surface area contributed by atoms with E-state index in [1.54, 1.807) is 21.8 Å². The van der Waals surface area contributed by atoms with Crippen LogP contribution in [-0.4, -0.2) is 37.9 Å². The van der Waals surface area contributed by atoms with Crippen molar-refractivity contribution in [3.05, 3.63) is 40.9 Å². The van der Waals surface area contributed by atoms with Gasteiger partial charge in [0.1, 0.15) is 10.8 Å². The number of carbonyl (C=O) groups is 1. The SMILES string of the molecule is CC(C)(C)OC(=O)N1CCc2nn(-c3ccnc(Cl)c3)cc2C1. The number of aromatic nitrogens is 3. The Balaban J connectivity index is 1.78. The number of pyridine rings is 1. The molecule has 0 saturated heterocycles. The van der Waals surface area contributed by atoms with Gasteiger partial charge in [0.05, 0.1) is 17.9 Å². The molecule has 3 heterocycles. The van der Waals surface area contributed by atoms with Crippen molar-refractivity contribution in [3.63, 3.8) is 0 Å². The van der Waals surface area contributed by atoms with Crippen LogP contribution in [0.1, 0.15) is 32.0 Å². The van der Waals surface area contributed by atoms with Crippen molar-refractivity contribution in [2.75, 3.05) is 6.54 Å². The summed E-state index contributed by atoms with van der Waals surface area (Å²) in [5.41, 5.74) is 2.38. The number of hydrogen-bond donors (Lipinski definition) is 0. The van der Waals surface area contributed by atoms with Crippen LogP contribution in [0.4, 0.5) is 4.79 Å². The maximum Gasteiger partial charge on any atom is 0.410 e. The van der Waals surface area contributed by atoms with E-state index in [-0.39, 0.29) is 6.09 Å². The average Bonchev–Trinajstić information content (AvgIpc) is 2.88. The zero-order chi connectivity index (χ0) is 16.6. The van der Waals surface area contributed by atoms with Crippen molar-refractivity contribution in [2.45, 2.75) is 39.3 Å². The van der Waals surface area contributed by atoms with E-state index in [0.29, 0.717) is 24.7 Å². The van der Waals surface area contributed by atoms with Crippen LogP contribution in [-0.2, 0) is 17.7 Å². The molecule has 0 aromatic carbocycles. The fourth-order valence-corrected chi connectivity index (χ4v) is 2.63. The molecule has 0 spiro atoms. The van der Waals surface area contributed by atoms with Crippen molar-refractivity contribution >= 4 is 17.7 Å². The fourth-order valence-electron chi connectivity index (χ4n) is 2.46. The molecule has 0 N–H and O–H groups in total. The second kappa shape index (κ2) is 5.85. The molecule has 0 radical (unpaired) electrons. The fraction of sp³-hybridized carbons (Fsp3) is 0.438. The monoisotopic (exact) mass is 334 g/mol. The summed E-state index contributed by atoms with van der Waals surface area (Å²) in [7, 11) is 0. The van der Waals surface area contributed by atoms with Gasteiger partial charge in [0.15, 0.2) is 0 Å². The van der Waals surface area contributed by atoms with Gasteiger partial charge in [0.25, 0.3) is 0 Å². The summed E-state index contributed by atoms with van der Waals surface area (Å²) in [4.78, 5) is 17.9. The molecule has 0 fully saturated rings. The number of nitrogens with zero attached hydrogens (tertiary/aromatic N) is 4. The number of halogens is 1. The van der Waals surface area contributed by atoms with Gasteiger partial charge in [-0.3, -0.25) is 0 Å². The molecular weight excluding hydrogens is 316 g/mol. The van der Waals surface area contributed by atoms with Crippen LogP contribution >= 0.6 is 11.6 Å². The van der Waals surface area contributed by atoms with Gasteiger partial charge in [-0.2, -0.15) is 5.10 Å². The van der Waals surface area contributed by atoms with Gasteiger partial charge in [-0.1, -0.05) is 11.6 Å². The molecule has 0 bridgehead atoms. The molecule has 23 heavy (non-hydrogen) atoms. The summed E-state index contributed by atoms with van der Waals surface area (Å²) in [6.07, 6.45) is 3.99. The number of amides is 1. The van der Waals surface area contributed by atoms with E-state index in [1.807, 2.05) is 33.0 Å². The first-order valence-corrected chi connectivity index (χ1v) is 7.87. The summed E-state index contributed by atoms with van der Waals surface area (Å²) in [5, 5.41) is 5.00. The molecule has 2 aromatic heterocycles. The molecule has 1 aliphatic heterocycles. The number of hydrogen-bond acceptors (Lipinski definition) is 4. The minimum atomic E-state index is -0.491. The zero-order valence-corrected chi connectivity index (χ0v) is 14.2. The molecule has 0 atom stereocenters. The van der Waals surface area contributed by atoms with Crippen LogP contribution < -0.4 is 0 Å². The molecular formula is C16H19ClN4O2. The highest BCUT2D eigenvalue weighted by molar-refractivity contribution is 6.29. The van der Waals surface area contributed by atoms with Crippen molar-refractivity contribution in [1.29, 1.82) is 0 Å². The van der Waals surface area contributed by atoms with Crippen molar-refractivity contribution in [2.24, 2.45) is 0 Å². The summed E-state index contributed by atoms with van der Waals surface area (Å²) in [5.74, 6) is 0. The first-order valence-electron chi connectivity index (χ1n) is 7.49. The van der Waals surface area contributed by atoms with E-state index in [0.717, 1.165) is 16.9 Å². The maximum absolute atomic E-state index is 12.2. The normalized spacial score (nSPS) is 14.5. The van der Waals surface area contributed by atoms with Gasteiger partial charge < -0.3 is 9.64 Å². The molecule has 0 aliphatic carbocycles. The van der Waals surface area contributed by atoms with Crippen LogP contribution in [0.25, 0.3) is 5.69 Å². The lowest BCUT2D eigenvalue weighted by Crippen LogP contribution is -2.39. The van der Waals surface area contributed by atoms with Gasteiger partial charge in [-0.15, -0.1) is 0 Å². The Hall–Kier alpha value is -2.08. The largest absolute Gasteiger partial charge is 0.444 e. The van der Waals surface area contributed by atoms with Crippen molar-refractivity contribution < 1.29 is 9.53 Å². The van der Waals surface area contributed by atoms with E-state index in [4.69, 9.17) is 16.3 Å². The van der Waals surface area contributed by atoms with Crippen molar-refractivity contribution in [3.8, 4) is 5.69 Å². The Kier molecular flexibility index (Phi) is 4.02. The lowest BCUT2D eigenvalue weighted by Gasteiger charge is -2.29. The quantitative estimate of drug-likeness (QED) is 0.751. The van der Waals surface area contributed by atoms with Gasteiger partial charge in [0, 0.05) is 37.0 Å². The van der Waals surface area contributed by atoms with Crippen LogP contribution in [0.3, 0.4) is 0 Å². The van der Waals surface area contributed by atoms with Crippen LogP contribution in [0, 0.1) is 0 Å². The summed E-state index contributed by atoms with van der Waals surface area (Å²) < 4.78 is 7.21. The zero-order valence-electron chi connectivity index (χ0n) is 13.4. The third-order valence-electron chi connectivity index (χ3n) is 3.48. The van der Waals surface area contributed by atoms with Gasteiger partial charge in [-0.05, 0) is 26.8 Å². The van der Waals surface area contributed by atoms with Crippen molar-refractivity contribution in [1.82, 2.24) is 19.7 Å². The van der Waals surface area contributed by atoms with E-state index in [9.17, 15) is 4.79 Å². The number of fused-ring (bicyclic) bond motifs is 1. The number of carbonyl (C=O) groups excluding carboxylic acids is 1. The molecule has 2 aromatic rings. The van der Waals surface area contributed by atoms with Crippen LogP contribution in [0.2, 0.25) is 5.15 Å². The number of rotatable bonds is 1. The average molecular weight is 335 g/mol. The summed E-state index contributed by atoms with van der Waals surface area (Å²) in [6, 6.07) is 3.60. The third-order valence-corrected chi connectivity index (χ3v) is 3.69. The molecule has 0 unspecified atom stereocenters. The Labute approximate surface area is 140 Å². The first-order chi connectivity index (χ1) is 10.8.